The summed E-state index contributed by atoms with van der Waals surface area (Å²) in [5, 5.41) is 3.23. The number of hydrogen-bond donors (Lipinski definition) is 1. The molecule has 0 bridgehead atoms. The van der Waals surface area contributed by atoms with Crippen molar-refractivity contribution in [3.8, 4) is 0 Å². The predicted octanol–water partition coefficient (Wildman–Crippen LogP) is 2.08. The van der Waals surface area contributed by atoms with Crippen LogP contribution in [0.15, 0.2) is 17.1 Å². The van der Waals surface area contributed by atoms with E-state index in [9.17, 15) is 14.0 Å². The van der Waals surface area contributed by atoms with Gasteiger partial charge in [-0.3, -0.25) is 9.20 Å². The molecule has 2 fully saturated rings. The SMILES string of the molecule is CC(C)(C)OC(=O)c1cc(C2CC2)c2nc(N3CCNCC3)c(F)cn2c1=O. The minimum Gasteiger partial charge on any atom is -0.456 e. The number of pyridine rings is 1. The van der Waals surface area contributed by atoms with Crippen LogP contribution in [0.25, 0.3) is 5.65 Å². The number of fused-ring (bicyclic) bond motifs is 1. The van der Waals surface area contributed by atoms with E-state index in [0.29, 0.717) is 18.7 Å². The molecule has 1 aliphatic heterocycles. The monoisotopic (exact) mass is 388 g/mol. The Morgan fingerprint density at radius 3 is 2.57 bits per heavy atom. The number of carbonyl (C=O) groups is 1. The molecule has 28 heavy (non-hydrogen) atoms. The molecule has 2 aromatic heterocycles. The summed E-state index contributed by atoms with van der Waals surface area (Å²) in [6, 6.07) is 1.59. The highest BCUT2D eigenvalue weighted by atomic mass is 19.1. The first-order valence-corrected chi connectivity index (χ1v) is 9.69. The van der Waals surface area contributed by atoms with Crippen LogP contribution in [-0.4, -0.2) is 47.1 Å². The molecule has 8 heteroatoms. The van der Waals surface area contributed by atoms with Crippen molar-refractivity contribution in [2.24, 2.45) is 0 Å². The maximum Gasteiger partial charge on any atom is 0.344 e. The number of ether oxygens (including phenoxy) is 1. The highest BCUT2D eigenvalue weighted by Gasteiger charge is 2.31. The van der Waals surface area contributed by atoms with Gasteiger partial charge in [-0.15, -0.1) is 0 Å². The minimum atomic E-state index is -0.724. The summed E-state index contributed by atoms with van der Waals surface area (Å²) in [7, 11) is 0. The Bertz CT molecular complexity index is 986. The van der Waals surface area contributed by atoms with Gasteiger partial charge in [0, 0.05) is 26.2 Å². The van der Waals surface area contributed by atoms with Crippen LogP contribution >= 0.6 is 0 Å². The van der Waals surface area contributed by atoms with E-state index in [4.69, 9.17) is 4.74 Å². The van der Waals surface area contributed by atoms with E-state index < -0.39 is 22.9 Å². The van der Waals surface area contributed by atoms with E-state index in [1.165, 1.54) is 0 Å². The van der Waals surface area contributed by atoms with Gasteiger partial charge in [0.25, 0.3) is 5.56 Å². The Kier molecular flexibility index (Phi) is 4.61. The molecule has 0 radical (unpaired) electrons. The lowest BCUT2D eigenvalue weighted by Gasteiger charge is -2.29. The summed E-state index contributed by atoms with van der Waals surface area (Å²) in [5.74, 6) is -0.779. The summed E-state index contributed by atoms with van der Waals surface area (Å²) in [6.45, 7) is 8.04. The average Bonchev–Trinajstić information content (AvgIpc) is 3.46. The quantitative estimate of drug-likeness (QED) is 0.812. The molecule has 1 saturated carbocycles. The summed E-state index contributed by atoms with van der Waals surface area (Å²) in [4.78, 5) is 31.9. The van der Waals surface area contributed by atoms with Gasteiger partial charge < -0.3 is 15.0 Å². The van der Waals surface area contributed by atoms with Crippen molar-refractivity contribution >= 4 is 17.4 Å². The second-order valence-electron chi connectivity index (χ2n) is 8.44. The first kappa shape index (κ1) is 18.9. The molecule has 1 saturated heterocycles. The molecule has 0 amide bonds. The van der Waals surface area contributed by atoms with Crippen molar-refractivity contribution in [1.29, 1.82) is 0 Å². The normalized spacial score (nSPS) is 17.8. The molecule has 2 aliphatic rings. The summed E-state index contributed by atoms with van der Waals surface area (Å²) >= 11 is 0. The molecular formula is C20H25FN4O3. The zero-order chi connectivity index (χ0) is 20.1. The van der Waals surface area contributed by atoms with Crippen LogP contribution in [0.3, 0.4) is 0 Å². The van der Waals surface area contributed by atoms with Crippen molar-refractivity contribution in [3.63, 3.8) is 0 Å². The first-order chi connectivity index (χ1) is 13.2. The van der Waals surface area contributed by atoms with Gasteiger partial charge in [-0.25, -0.2) is 14.2 Å². The molecule has 4 rings (SSSR count). The molecular weight excluding hydrogens is 363 g/mol. The van der Waals surface area contributed by atoms with Crippen molar-refractivity contribution in [3.05, 3.63) is 39.6 Å². The molecule has 1 N–H and O–H groups in total. The Morgan fingerprint density at radius 1 is 1.29 bits per heavy atom. The van der Waals surface area contributed by atoms with Crippen LogP contribution in [0, 0.1) is 5.82 Å². The van der Waals surface area contributed by atoms with Crippen molar-refractivity contribution in [2.45, 2.75) is 45.1 Å². The summed E-state index contributed by atoms with van der Waals surface area (Å²) < 4.78 is 21.4. The lowest BCUT2D eigenvalue weighted by molar-refractivity contribution is 0.00672. The minimum absolute atomic E-state index is 0.0783. The molecule has 0 unspecified atom stereocenters. The van der Waals surface area contributed by atoms with Crippen LogP contribution in [0.5, 0.6) is 0 Å². The third kappa shape index (κ3) is 3.61. The number of carbonyl (C=O) groups excluding carboxylic acids is 1. The number of anilines is 1. The Labute approximate surface area is 162 Å². The van der Waals surface area contributed by atoms with Crippen molar-refractivity contribution < 1.29 is 13.9 Å². The second-order valence-corrected chi connectivity index (χ2v) is 8.44. The van der Waals surface area contributed by atoms with Crippen molar-refractivity contribution in [2.75, 3.05) is 31.1 Å². The predicted molar refractivity (Wildman–Crippen MR) is 104 cm³/mol. The number of nitrogens with zero attached hydrogens (tertiary/aromatic N) is 3. The topological polar surface area (TPSA) is 75.9 Å². The number of hydrogen-bond acceptors (Lipinski definition) is 6. The third-order valence-corrected chi connectivity index (χ3v) is 4.96. The zero-order valence-electron chi connectivity index (χ0n) is 16.4. The molecule has 1 aliphatic carbocycles. The number of rotatable bonds is 3. The van der Waals surface area contributed by atoms with Crippen LogP contribution < -0.4 is 15.8 Å². The van der Waals surface area contributed by atoms with E-state index in [2.05, 4.69) is 10.3 Å². The molecule has 0 spiro atoms. The number of halogens is 1. The van der Waals surface area contributed by atoms with Gasteiger partial charge in [-0.2, -0.15) is 0 Å². The standard InChI is InChI=1S/C20H25FN4O3/c1-20(2,3)28-19(27)14-10-13(12-4-5-12)16-23-17(24-8-6-22-7-9-24)15(21)11-25(16)18(14)26/h10-12,22H,4-9H2,1-3H3. The Morgan fingerprint density at radius 2 is 1.96 bits per heavy atom. The van der Waals surface area contributed by atoms with Gasteiger partial charge >= 0.3 is 5.97 Å². The van der Waals surface area contributed by atoms with E-state index >= 15 is 0 Å². The molecule has 150 valence electrons. The third-order valence-electron chi connectivity index (χ3n) is 4.96. The van der Waals surface area contributed by atoms with Gasteiger partial charge in [0.15, 0.2) is 11.6 Å². The number of aromatic nitrogens is 2. The molecule has 7 nitrogen and oxygen atoms in total. The van der Waals surface area contributed by atoms with Crippen LogP contribution in [0.1, 0.15) is 55.5 Å². The lowest BCUT2D eigenvalue weighted by Crippen LogP contribution is -2.44. The van der Waals surface area contributed by atoms with E-state index in [1.54, 1.807) is 26.8 Å². The number of piperazine rings is 1. The maximum atomic E-state index is 14.8. The molecule has 0 aromatic carbocycles. The smallest absolute Gasteiger partial charge is 0.344 e. The largest absolute Gasteiger partial charge is 0.456 e. The first-order valence-electron chi connectivity index (χ1n) is 9.69. The van der Waals surface area contributed by atoms with Crippen molar-refractivity contribution in [1.82, 2.24) is 14.7 Å². The van der Waals surface area contributed by atoms with E-state index in [1.807, 2.05) is 4.90 Å². The fourth-order valence-electron chi connectivity index (χ4n) is 3.48. The Hall–Kier alpha value is -2.48. The van der Waals surface area contributed by atoms with Gasteiger partial charge in [-0.05, 0) is 51.2 Å². The maximum absolute atomic E-state index is 14.8. The van der Waals surface area contributed by atoms with Crippen LogP contribution in [0.4, 0.5) is 10.2 Å². The fourth-order valence-corrected chi connectivity index (χ4v) is 3.48. The highest BCUT2D eigenvalue weighted by molar-refractivity contribution is 5.90. The second kappa shape index (κ2) is 6.84. The fraction of sp³-hybridized carbons (Fsp3) is 0.550. The number of nitrogens with one attached hydrogen (secondary N) is 1. The van der Waals surface area contributed by atoms with Crippen LogP contribution in [0.2, 0.25) is 0 Å². The van der Waals surface area contributed by atoms with E-state index in [-0.39, 0.29) is 17.3 Å². The Balaban J connectivity index is 1.86. The number of esters is 1. The zero-order valence-corrected chi connectivity index (χ0v) is 16.4. The molecule has 0 atom stereocenters. The van der Waals surface area contributed by atoms with Gasteiger partial charge in [-0.1, -0.05) is 0 Å². The van der Waals surface area contributed by atoms with E-state index in [0.717, 1.165) is 42.1 Å². The van der Waals surface area contributed by atoms with Gasteiger partial charge in [0.1, 0.15) is 16.8 Å². The average molecular weight is 388 g/mol. The highest BCUT2D eigenvalue weighted by Crippen LogP contribution is 2.42. The van der Waals surface area contributed by atoms with Gasteiger partial charge in [0.05, 0.1) is 6.20 Å². The lowest BCUT2D eigenvalue weighted by atomic mass is 10.1. The van der Waals surface area contributed by atoms with Gasteiger partial charge in [0.2, 0.25) is 0 Å². The summed E-state index contributed by atoms with van der Waals surface area (Å²) in [6.07, 6.45) is 3.08. The molecule has 3 heterocycles. The van der Waals surface area contributed by atoms with Crippen LogP contribution in [-0.2, 0) is 4.74 Å². The summed E-state index contributed by atoms with van der Waals surface area (Å²) in [5.41, 5.74) is -0.178. The molecule has 2 aromatic rings.